The summed E-state index contributed by atoms with van der Waals surface area (Å²) < 4.78 is 1.14. The smallest absolute Gasteiger partial charge is 0.0593 e. The van der Waals surface area contributed by atoms with Crippen LogP contribution in [0.5, 0.6) is 0 Å². The minimum atomic E-state index is 0.101. The van der Waals surface area contributed by atoms with E-state index in [0.717, 1.165) is 17.6 Å². The zero-order chi connectivity index (χ0) is 14.5. The molecule has 0 amide bonds. The molecule has 2 N–H and O–H groups in total. The van der Waals surface area contributed by atoms with E-state index in [1.54, 1.807) is 11.3 Å². The molecule has 0 radical (unpaired) electrons. The molecule has 0 bridgehead atoms. The van der Waals surface area contributed by atoms with Crippen molar-refractivity contribution < 1.29 is 0 Å². The van der Waals surface area contributed by atoms with Gasteiger partial charge in [0.1, 0.15) is 0 Å². The summed E-state index contributed by atoms with van der Waals surface area (Å²) in [5, 5.41) is 2.13. The largest absolute Gasteiger partial charge is 0.326 e. The molecular weight excluding hydrogens is 332 g/mol. The molecule has 1 aromatic heterocycles. The Morgan fingerprint density at radius 3 is 2.50 bits per heavy atom. The lowest BCUT2D eigenvalue weighted by Gasteiger charge is -2.33. The fraction of sp³-hybridized carbons (Fsp3) is 0.375. The Labute approximate surface area is 133 Å². The Morgan fingerprint density at radius 1 is 1.30 bits per heavy atom. The molecule has 0 saturated carbocycles. The monoisotopic (exact) mass is 352 g/mol. The van der Waals surface area contributed by atoms with Gasteiger partial charge in [-0.3, -0.25) is 4.90 Å². The van der Waals surface area contributed by atoms with E-state index >= 15 is 0 Å². The molecule has 2 rings (SSSR count). The molecule has 4 heteroatoms. The Balaban J connectivity index is 2.22. The molecule has 20 heavy (non-hydrogen) atoms. The van der Waals surface area contributed by atoms with Gasteiger partial charge in [0.25, 0.3) is 0 Å². The van der Waals surface area contributed by atoms with E-state index in [2.05, 4.69) is 76.5 Å². The summed E-state index contributed by atoms with van der Waals surface area (Å²) in [5.74, 6) is 0. The number of benzene rings is 1. The highest BCUT2D eigenvalue weighted by Gasteiger charge is 2.24. The first-order valence-electron chi connectivity index (χ1n) is 6.89. The van der Waals surface area contributed by atoms with Gasteiger partial charge in [0.15, 0.2) is 0 Å². The maximum atomic E-state index is 6.26. The zero-order valence-electron chi connectivity index (χ0n) is 11.9. The highest BCUT2D eigenvalue weighted by atomic mass is 79.9. The van der Waals surface area contributed by atoms with Crippen LogP contribution in [0.25, 0.3) is 0 Å². The van der Waals surface area contributed by atoms with Crippen LogP contribution in [0.1, 0.15) is 30.3 Å². The topological polar surface area (TPSA) is 29.3 Å². The average molecular weight is 353 g/mol. The fourth-order valence-electron chi connectivity index (χ4n) is 2.48. The third-order valence-corrected chi connectivity index (χ3v) is 5.17. The third kappa shape index (κ3) is 3.92. The van der Waals surface area contributed by atoms with Crippen molar-refractivity contribution in [2.24, 2.45) is 5.73 Å². The van der Waals surface area contributed by atoms with Crippen LogP contribution in [-0.2, 0) is 6.54 Å². The molecule has 2 nitrogen and oxygen atoms in total. The third-order valence-electron chi connectivity index (χ3n) is 3.41. The Bertz CT molecular complexity index is 524. The van der Waals surface area contributed by atoms with Crippen molar-refractivity contribution in [3.05, 3.63) is 56.7 Å². The van der Waals surface area contributed by atoms with Gasteiger partial charge in [0.2, 0.25) is 0 Å². The van der Waals surface area contributed by atoms with E-state index in [1.165, 1.54) is 10.4 Å². The number of hydrogen-bond acceptors (Lipinski definition) is 3. The molecule has 0 aliphatic rings. The summed E-state index contributed by atoms with van der Waals surface area (Å²) in [6.45, 7) is 6.20. The van der Waals surface area contributed by atoms with Crippen LogP contribution in [0, 0.1) is 0 Å². The van der Waals surface area contributed by atoms with Gasteiger partial charge in [-0.05, 0) is 41.0 Å². The van der Waals surface area contributed by atoms with Crippen LogP contribution in [0.3, 0.4) is 0 Å². The molecule has 2 unspecified atom stereocenters. The molecule has 0 saturated heterocycles. The Morgan fingerprint density at radius 2 is 2.00 bits per heavy atom. The van der Waals surface area contributed by atoms with E-state index in [1.807, 2.05) is 0 Å². The number of thiophene rings is 1. The molecule has 1 aromatic carbocycles. The molecule has 0 aliphatic carbocycles. The van der Waals surface area contributed by atoms with Crippen LogP contribution in [-0.4, -0.2) is 17.5 Å². The van der Waals surface area contributed by atoms with Crippen LogP contribution in [0.2, 0.25) is 0 Å². The van der Waals surface area contributed by atoms with Gasteiger partial charge >= 0.3 is 0 Å². The standard InChI is InChI=1S/C16H21BrN2S/c1-3-19(10-13-7-5-4-6-8-13)16(12(2)18)15-9-14(17)11-20-15/h4-9,11-12,16H,3,10,18H2,1-2H3. The van der Waals surface area contributed by atoms with E-state index in [0.29, 0.717) is 0 Å². The first-order chi connectivity index (χ1) is 9.61. The highest BCUT2D eigenvalue weighted by molar-refractivity contribution is 9.10. The van der Waals surface area contributed by atoms with Gasteiger partial charge in [-0.2, -0.15) is 0 Å². The van der Waals surface area contributed by atoms with Crippen molar-refractivity contribution in [1.82, 2.24) is 4.90 Å². The zero-order valence-corrected chi connectivity index (χ0v) is 14.3. The minimum absolute atomic E-state index is 0.101. The fourth-order valence-corrected chi connectivity index (χ4v) is 4.17. The minimum Gasteiger partial charge on any atom is -0.326 e. The molecular formula is C16H21BrN2S. The average Bonchev–Trinajstić information content (AvgIpc) is 2.85. The van der Waals surface area contributed by atoms with E-state index in [-0.39, 0.29) is 12.1 Å². The van der Waals surface area contributed by atoms with Crippen molar-refractivity contribution in [2.45, 2.75) is 32.5 Å². The normalized spacial score (nSPS) is 14.4. The van der Waals surface area contributed by atoms with Crippen LogP contribution in [0.15, 0.2) is 46.3 Å². The summed E-state index contributed by atoms with van der Waals surface area (Å²) >= 11 is 5.31. The highest BCUT2D eigenvalue weighted by Crippen LogP contribution is 2.32. The summed E-state index contributed by atoms with van der Waals surface area (Å²) in [7, 11) is 0. The number of halogens is 1. The number of rotatable bonds is 6. The number of nitrogens with two attached hydrogens (primary N) is 1. The van der Waals surface area contributed by atoms with Crippen LogP contribution < -0.4 is 5.73 Å². The molecule has 108 valence electrons. The van der Waals surface area contributed by atoms with Crippen molar-refractivity contribution in [3.63, 3.8) is 0 Å². The predicted octanol–water partition coefficient (Wildman–Crippen LogP) is 4.42. The van der Waals surface area contributed by atoms with Crippen molar-refractivity contribution in [2.75, 3.05) is 6.54 Å². The molecule has 0 aliphatic heterocycles. The lowest BCUT2D eigenvalue weighted by Crippen LogP contribution is -2.38. The van der Waals surface area contributed by atoms with E-state index < -0.39 is 0 Å². The van der Waals surface area contributed by atoms with Crippen molar-refractivity contribution in [3.8, 4) is 0 Å². The second-order valence-corrected chi connectivity index (χ2v) is 6.88. The van der Waals surface area contributed by atoms with E-state index in [9.17, 15) is 0 Å². The Hall–Kier alpha value is -0.680. The van der Waals surface area contributed by atoms with E-state index in [4.69, 9.17) is 5.73 Å². The van der Waals surface area contributed by atoms with Crippen molar-refractivity contribution >= 4 is 27.3 Å². The molecule has 2 atom stereocenters. The second kappa shape index (κ2) is 7.36. The molecule has 0 spiro atoms. The van der Waals surface area contributed by atoms with Gasteiger partial charge in [-0.1, -0.05) is 37.3 Å². The molecule has 2 aromatic rings. The maximum Gasteiger partial charge on any atom is 0.0593 e. The van der Waals surface area contributed by atoms with Crippen molar-refractivity contribution in [1.29, 1.82) is 0 Å². The number of hydrogen-bond donors (Lipinski definition) is 1. The SMILES string of the molecule is CCN(Cc1ccccc1)C(c1cc(Br)cs1)C(C)N. The number of nitrogens with zero attached hydrogens (tertiary/aromatic N) is 1. The second-order valence-electron chi connectivity index (χ2n) is 5.02. The summed E-state index contributed by atoms with van der Waals surface area (Å²) in [5.41, 5.74) is 7.59. The van der Waals surface area contributed by atoms with Crippen LogP contribution >= 0.6 is 27.3 Å². The first-order valence-corrected chi connectivity index (χ1v) is 8.56. The van der Waals surface area contributed by atoms with Gasteiger partial charge in [0.05, 0.1) is 6.04 Å². The van der Waals surface area contributed by atoms with Gasteiger partial charge in [-0.15, -0.1) is 11.3 Å². The van der Waals surface area contributed by atoms with Gasteiger partial charge in [-0.25, -0.2) is 0 Å². The number of likely N-dealkylation sites (N-methyl/N-ethyl adjacent to an activating group) is 1. The summed E-state index contributed by atoms with van der Waals surface area (Å²) in [6, 6.07) is 13.1. The lowest BCUT2D eigenvalue weighted by molar-refractivity contribution is 0.180. The molecule has 0 fully saturated rings. The van der Waals surface area contributed by atoms with Gasteiger partial charge < -0.3 is 5.73 Å². The first kappa shape index (κ1) is 15.7. The lowest BCUT2D eigenvalue weighted by atomic mass is 10.1. The molecule has 1 heterocycles. The quantitative estimate of drug-likeness (QED) is 0.833. The maximum absolute atomic E-state index is 6.26. The Kier molecular flexibility index (Phi) is 5.78. The predicted molar refractivity (Wildman–Crippen MR) is 90.9 cm³/mol. The van der Waals surface area contributed by atoms with Gasteiger partial charge in [0, 0.05) is 27.3 Å². The van der Waals surface area contributed by atoms with Crippen LogP contribution in [0.4, 0.5) is 0 Å². The summed E-state index contributed by atoms with van der Waals surface area (Å²) in [6.07, 6.45) is 0. The summed E-state index contributed by atoms with van der Waals surface area (Å²) in [4.78, 5) is 3.77.